The number of rotatable bonds is 6. The molecule has 30 heavy (non-hydrogen) atoms. The van der Waals surface area contributed by atoms with Gasteiger partial charge in [-0.1, -0.05) is 18.2 Å². The molecule has 6 nitrogen and oxygen atoms in total. The first-order valence-corrected chi connectivity index (χ1v) is 9.89. The van der Waals surface area contributed by atoms with Gasteiger partial charge >= 0.3 is 0 Å². The van der Waals surface area contributed by atoms with E-state index in [2.05, 4.69) is 10.6 Å². The van der Waals surface area contributed by atoms with Crippen LogP contribution in [0.1, 0.15) is 24.4 Å². The zero-order valence-electron chi connectivity index (χ0n) is 16.5. The molecule has 4 rings (SSSR count). The van der Waals surface area contributed by atoms with Gasteiger partial charge in [0.15, 0.2) is 6.61 Å². The van der Waals surface area contributed by atoms with Crippen LogP contribution in [0.2, 0.25) is 0 Å². The van der Waals surface area contributed by atoms with Gasteiger partial charge in [0.1, 0.15) is 11.6 Å². The second-order valence-electron chi connectivity index (χ2n) is 7.44. The molecule has 1 aliphatic carbocycles. The normalized spacial score (nSPS) is 18.3. The first-order valence-electron chi connectivity index (χ1n) is 9.89. The number of ether oxygens (including phenoxy) is 1. The molecule has 1 atom stereocenters. The van der Waals surface area contributed by atoms with Gasteiger partial charge in [-0.2, -0.15) is 0 Å². The Bertz CT molecular complexity index is 907. The van der Waals surface area contributed by atoms with Crippen molar-refractivity contribution in [2.45, 2.75) is 18.9 Å². The molecule has 2 N–H and O–H groups in total. The average molecular weight is 434 g/mol. The molecule has 2 aromatic rings. The number of hydrogen-bond donors (Lipinski definition) is 2. The molecule has 1 unspecified atom stereocenters. The van der Waals surface area contributed by atoms with Gasteiger partial charge in [0.25, 0.3) is 5.91 Å². The quantitative estimate of drug-likeness (QED) is 0.734. The van der Waals surface area contributed by atoms with Crippen molar-refractivity contribution >= 4 is 29.9 Å². The molecule has 1 heterocycles. The van der Waals surface area contributed by atoms with E-state index in [4.69, 9.17) is 4.74 Å². The summed E-state index contributed by atoms with van der Waals surface area (Å²) in [4.78, 5) is 26.4. The van der Waals surface area contributed by atoms with Gasteiger partial charge in [-0.15, -0.1) is 12.4 Å². The number of hydrogen-bond acceptors (Lipinski definition) is 4. The summed E-state index contributed by atoms with van der Waals surface area (Å²) in [6, 6.07) is 13.1. The molecule has 2 aliphatic rings. The van der Waals surface area contributed by atoms with Crippen LogP contribution >= 0.6 is 12.4 Å². The van der Waals surface area contributed by atoms with E-state index in [1.807, 2.05) is 6.07 Å². The van der Waals surface area contributed by atoms with E-state index in [1.54, 1.807) is 35.2 Å². The number of nitrogens with zero attached hydrogens (tertiary/aromatic N) is 1. The fourth-order valence-corrected chi connectivity index (χ4v) is 3.50. The molecule has 0 spiro atoms. The molecular formula is C22H25ClFN3O3. The van der Waals surface area contributed by atoms with Crippen LogP contribution in [0.5, 0.6) is 5.75 Å². The predicted octanol–water partition coefficient (Wildman–Crippen LogP) is 3.15. The van der Waals surface area contributed by atoms with Crippen LogP contribution in [-0.2, 0) is 9.59 Å². The number of anilines is 1. The summed E-state index contributed by atoms with van der Waals surface area (Å²) >= 11 is 0. The van der Waals surface area contributed by atoms with Gasteiger partial charge in [0.05, 0.1) is 6.04 Å². The molecule has 2 amide bonds. The van der Waals surface area contributed by atoms with Crippen molar-refractivity contribution in [3.63, 3.8) is 0 Å². The molecule has 0 bridgehead atoms. The summed E-state index contributed by atoms with van der Waals surface area (Å²) in [5.41, 5.74) is 1.42. The highest BCUT2D eigenvalue weighted by Crippen LogP contribution is 2.30. The number of carbonyl (C=O) groups is 2. The van der Waals surface area contributed by atoms with Crippen LogP contribution in [-0.4, -0.2) is 43.0 Å². The number of halogens is 2. The highest BCUT2D eigenvalue weighted by molar-refractivity contribution is 5.94. The average Bonchev–Trinajstić information content (AvgIpc) is 3.58. The Morgan fingerprint density at radius 2 is 1.97 bits per heavy atom. The topological polar surface area (TPSA) is 70.7 Å². The number of amides is 2. The first kappa shape index (κ1) is 22.1. The second-order valence-corrected chi connectivity index (χ2v) is 7.44. The Labute approximate surface area is 181 Å². The molecular weight excluding hydrogens is 409 g/mol. The molecule has 0 radical (unpaired) electrons. The lowest BCUT2D eigenvalue weighted by Crippen LogP contribution is -2.50. The van der Waals surface area contributed by atoms with Crippen LogP contribution < -0.4 is 15.4 Å². The lowest BCUT2D eigenvalue weighted by atomic mass is 10.0. The minimum absolute atomic E-state index is 0. The SMILES string of the molecule is Cl.O=C(Nc1cccc(OCC(=O)N2CCNCC2c2cccc(F)c2)c1)C1CC1. The third-order valence-electron chi connectivity index (χ3n) is 5.21. The molecule has 1 aliphatic heterocycles. The highest BCUT2D eigenvalue weighted by atomic mass is 35.5. The molecule has 2 aromatic carbocycles. The van der Waals surface area contributed by atoms with E-state index < -0.39 is 0 Å². The van der Waals surface area contributed by atoms with Gasteiger partial charge < -0.3 is 20.3 Å². The van der Waals surface area contributed by atoms with Crippen molar-refractivity contribution < 1.29 is 18.7 Å². The van der Waals surface area contributed by atoms with E-state index in [-0.39, 0.29) is 48.6 Å². The van der Waals surface area contributed by atoms with E-state index in [9.17, 15) is 14.0 Å². The summed E-state index contributed by atoms with van der Waals surface area (Å²) in [5, 5.41) is 6.12. The lowest BCUT2D eigenvalue weighted by Gasteiger charge is -2.36. The Morgan fingerprint density at radius 1 is 1.17 bits per heavy atom. The van der Waals surface area contributed by atoms with Crippen LogP contribution in [0, 0.1) is 11.7 Å². The fourth-order valence-electron chi connectivity index (χ4n) is 3.50. The van der Waals surface area contributed by atoms with Gasteiger partial charge in [-0.25, -0.2) is 4.39 Å². The maximum atomic E-state index is 13.6. The van der Waals surface area contributed by atoms with Crippen molar-refractivity contribution in [2.24, 2.45) is 5.92 Å². The second kappa shape index (κ2) is 9.91. The number of nitrogens with one attached hydrogen (secondary N) is 2. The van der Waals surface area contributed by atoms with Crippen molar-refractivity contribution in [3.8, 4) is 5.75 Å². The zero-order valence-corrected chi connectivity index (χ0v) is 17.3. The summed E-state index contributed by atoms with van der Waals surface area (Å²) in [5.74, 6) is 0.185. The number of piperazine rings is 1. The van der Waals surface area contributed by atoms with Gasteiger partial charge in [0, 0.05) is 37.3 Å². The molecule has 160 valence electrons. The smallest absolute Gasteiger partial charge is 0.261 e. The Morgan fingerprint density at radius 3 is 2.73 bits per heavy atom. The van der Waals surface area contributed by atoms with Crippen molar-refractivity contribution in [3.05, 3.63) is 59.9 Å². The molecule has 1 saturated carbocycles. The summed E-state index contributed by atoms with van der Waals surface area (Å²) < 4.78 is 19.3. The largest absolute Gasteiger partial charge is 0.484 e. The monoisotopic (exact) mass is 433 g/mol. The summed E-state index contributed by atoms with van der Waals surface area (Å²) in [6.07, 6.45) is 1.88. The predicted molar refractivity (Wildman–Crippen MR) is 114 cm³/mol. The van der Waals surface area contributed by atoms with Gasteiger partial charge in [-0.05, 0) is 42.7 Å². The Balaban J connectivity index is 0.00000256. The number of carbonyl (C=O) groups excluding carboxylic acids is 2. The van der Waals surface area contributed by atoms with E-state index in [0.29, 0.717) is 31.1 Å². The zero-order chi connectivity index (χ0) is 20.2. The van der Waals surface area contributed by atoms with Gasteiger partial charge in [0.2, 0.25) is 5.91 Å². The Kier molecular flexibility index (Phi) is 7.29. The van der Waals surface area contributed by atoms with E-state index in [1.165, 1.54) is 12.1 Å². The summed E-state index contributed by atoms with van der Waals surface area (Å²) in [7, 11) is 0. The highest BCUT2D eigenvalue weighted by Gasteiger charge is 2.30. The van der Waals surface area contributed by atoms with Crippen molar-refractivity contribution in [2.75, 3.05) is 31.6 Å². The van der Waals surface area contributed by atoms with Crippen LogP contribution in [0.4, 0.5) is 10.1 Å². The van der Waals surface area contributed by atoms with Crippen LogP contribution in [0.25, 0.3) is 0 Å². The maximum Gasteiger partial charge on any atom is 0.261 e. The minimum Gasteiger partial charge on any atom is -0.484 e. The maximum absolute atomic E-state index is 13.6. The number of benzene rings is 2. The van der Waals surface area contributed by atoms with Crippen LogP contribution in [0.15, 0.2) is 48.5 Å². The van der Waals surface area contributed by atoms with E-state index >= 15 is 0 Å². The first-order chi connectivity index (χ1) is 14.1. The third-order valence-corrected chi connectivity index (χ3v) is 5.21. The molecule has 1 saturated heterocycles. The Hall–Kier alpha value is -2.64. The van der Waals surface area contributed by atoms with E-state index in [0.717, 1.165) is 18.4 Å². The standard InChI is InChI=1S/C22H24FN3O3.ClH/c23-17-4-1-3-16(11-17)20-13-24-9-10-26(20)21(27)14-29-19-6-2-5-18(12-19)25-22(28)15-7-8-15;/h1-6,11-12,15,20,24H,7-10,13-14H2,(H,25,28);1H. The van der Waals surface area contributed by atoms with Crippen LogP contribution in [0.3, 0.4) is 0 Å². The van der Waals surface area contributed by atoms with Crippen molar-refractivity contribution in [1.29, 1.82) is 0 Å². The molecule has 0 aromatic heterocycles. The van der Waals surface area contributed by atoms with Crippen molar-refractivity contribution in [1.82, 2.24) is 10.2 Å². The minimum atomic E-state index is -0.318. The van der Waals surface area contributed by atoms with Gasteiger partial charge in [-0.3, -0.25) is 9.59 Å². The lowest BCUT2D eigenvalue weighted by molar-refractivity contribution is -0.136. The molecule has 8 heteroatoms. The summed E-state index contributed by atoms with van der Waals surface area (Å²) in [6.45, 7) is 1.66. The third kappa shape index (κ3) is 5.49. The molecule has 2 fully saturated rings. The fraction of sp³-hybridized carbons (Fsp3) is 0.364.